The number of rotatable bonds is 5. The summed E-state index contributed by atoms with van der Waals surface area (Å²) in [6.45, 7) is 7.12. The van der Waals surface area contributed by atoms with Crippen molar-refractivity contribution in [1.29, 1.82) is 0 Å². The number of nitrogens with one attached hydrogen (secondary N) is 1. The van der Waals surface area contributed by atoms with Crippen LogP contribution in [-0.2, 0) is 6.54 Å². The molecule has 1 aromatic heterocycles. The highest BCUT2D eigenvalue weighted by Crippen LogP contribution is 2.46. The molecule has 1 aliphatic carbocycles. The Hall–Kier alpha value is -2.14. The van der Waals surface area contributed by atoms with E-state index in [0.29, 0.717) is 29.3 Å². The lowest BCUT2D eigenvalue weighted by molar-refractivity contribution is 0.0935. The first kappa shape index (κ1) is 15.4. The van der Waals surface area contributed by atoms with E-state index in [0.717, 1.165) is 19.6 Å². The molecule has 24 heavy (non-hydrogen) atoms. The van der Waals surface area contributed by atoms with Crippen molar-refractivity contribution in [2.75, 3.05) is 13.1 Å². The third kappa shape index (κ3) is 2.84. The standard InChI is InChI=1S/C19H23N3O2/c1-12(2)18-17(20-11-24-18)19(23)21-16-14-9-22(10-15(14)16)8-13-6-4-3-5-7-13/h3-7,11-12,14-16H,8-10H2,1-2H3,(H,21,23)/t14-,15+,16?. The van der Waals surface area contributed by atoms with E-state index in [4.69, 9.17) is 4.42 Å². The molecule has 3 atom stereocenters. The first-order chi connectivity index (χ1) is 11.6. The van der Waals surface area contributed by atoms with E-state index in [2.05, 4.69) is 39.5 Å². The Morgan fingerprint density at radius 2 is 2.00 bits per heavy atom. The van der Waals surface area contributed by atoms with Crippen LogP contribution in [0.3, 0.4) is 0 Å². The van der Waals surface area contributed by atoms with E-state index in [9.17, 15) is 4.79 Å². The monoisotopic (exact) mass is 325 g/mol. The molecule has 2 aromatic rings. The minimum Gasteiger partial charge on any atom is -0.447 e. The van der Waals surface area contributed by atoms with Gasteiger partial charge in [-0.05, 0) is 17.4 Å². The summed E-state index contributed by atoms with van der Waals surface area (Å²) < 4.78 is 5.35. The third-order valence-electron chi connectivity index (χ3n) is 5.15. The number of hydrogen-bond acceptors (Lipinski definition) is 4. The largest absolute Gasteiger partial charge is 0.447 e. The average Bonchev–Trinajstić information content (AvgIpc) is 3.00. The molecule has 1 N–H and O–H groups in total. The summed E-state index contributed by atoms with van der Waals surface area (Å²) in [6.07, 6.45) is 1.36. The van der Waals surface area contributed by atoms with Crippen molar-refractivity contribution in [2.24, 2.45) is 11.8 Å². The SMILES string of the molecule is CC(C)c1ocnc1C(=O)NC1[C@H]2CN(Cc3ccccc3)C[C@@H]12. The summed E-state index contributed by atoms with van der Waals surface area (Å²) in [6, 6.07) is 10.8. The van der Waals surface area contributed by atoms with Crippen LogP contribution in [0.1, 0.15) is 41.6 Å². The number of amides is 1. The maximum atomic E-state index is 12.4. The van der Waals surface area contributed by atoms with E-state index < -0.39 is 0 Å². The Balaban J connectivity index is 1.31. The first-order valence-electron chi connectivity index (χ1n) is 8.64. The van der Waals surface area contributed by atoms with Crippen LogP contribution in [0.25, 0.3) is 0 Å². The van der Waals surface area contributed by atoms with Gasteiger partial charge >= 0.3 is 0 Å². The number of nitrogens with zero attached hydrogens (tertiary/aromatic N) is 2. The molecule has 1 aliphatic heterocycles. The lowest BCUT2D eigenvalue weighted by Gasteiger charge is -2.19. The second kappa shape index (κ2) is 6.06. The summed E-state index contributed by atoms with van der Waals surface area (Å²) in [5.74, 6) is 1.89. The van der Waals surface area contributed by atoms with Crippen LogP contribution in [0.15, 0.2) is 41.1 Å². The molecule has 1 saturated carbocycles. The normalized spacial score (nSPS) is 25.7. The Morgan fingerprint density at radius 1 is 1.29 bits per heavy atom. The number of hydrogen-bond donors (Lipinski definition) is 1. The molecule has 4 rings (SSSR count). The fourth-order valence-electron chi connectivity index (χ4n) is 3.85. The van der Waals surface area contributed by atoms with Crippen LogP contribution < -0.4 is 5.32 Å². The Morgan fingerprint density at radius 3 is 2.67 bits per heavy atom. The highest BCUT2D eigenvalue weighted by molar-refractivity contribution is 5.93. The maximum absolute atomic E-state index is 12.4. The lowest BCUT2D eigenvalue weighted by Crippen LogP contribution is -2.35. The number of piperidine rings is 1. The average molecular weight is 325 g/mol. The molecule has 1 amide bonds. The fraction of sp³-hybridized carbons (Fsp3) is 0.474. The molecule has 1 saturated heterocycles. The van der Waals surface area contributed by atoms with E-state index in [1.165, 1.54) is 12.0 Å². The molecule has 2 fully saturated rings. The Labute approximate surface area is 142 Å². The molecule has 126 valence electrons. The summed E-state index contributed by atoms with van der Waals surface area (Å²) >= 11 is 0. The molecule has 0 spiro atoms. The van der Waals surface area contributed by atoms with E-state index in [1.807, 2.05) is 19.9 Å². The van der Waals surface area contributed by atoms with Gasteiger partial charge in [-0.3, -0.25) is 9.69 Å². The van der Waals surface area contributed by atoms with Crippen molar-refractivity contribution in [2.45, 2.75) is 32.4 Å². The summed E-state index contributed by atoms with van der Waals surface area (Å²) in [5, 5.41) is 3.15. The minimum atomic E-state index is -0.0959. The van der Waals surface area contributed by atoms with E-state index in [-0.39, 0.29) is 11.8 Å². The Bertz CT molecular complexity index is 713. The van der Waals surface area contributed by atoms with Crippen LogP contribution in [0, 0.1) is 11.8 Å². The molecule has 1 aromatic carbocycles. The van der Waals surface area contributed by atoms with Gasteiger partial charge in [-0.15, -0.1) is 0 Å². The van der Waals surface area contributed by atoms with Gasteiger partial charge in [0, 0.05) is 31.6 Å². The number of carbonyl (C=O) groups is 1. The predicted molar refractivity (Wildman–Crippen MR) is 90.5 cm³/mol. The van der Waals surface area contributed by atoms with Crippen molar-refractivity contribution in [3.05, 3.63) is 53.7 Å². The topological polar surface area (TPSA) is 58.4 Å². The molecule has 2 aliphatic rings. The molecule has 0 bridgehead atoms. The molecular formula is C19H23N3O2. The van der Waals surface area contributed by atoms with Crippen LogP contribution >= 0.6 is 0 Å². The summed E-state index contributed by atoms with van der Waals surface area (Å²) in [5.41, 5.74) is 1.79. The number of oxazole rings is 1. The fourth-order valence-corrected chi connectivity index (χ4v) is 3.85. The van der Waals surface area contributed by atoms with Crippen molar-refractivity contribution in [1.82, 2.24) is 15.2 Å². The second-order valence-corrected chi connectivity index (χ2v) is 7.23. The maximum Gasteiger partial charge on any atom is 0.273 e. The third-order valence-corrected chi connectivity index (χ3v) is 5.15. The van der Waals surface area contributed by atoms with Gasteiger partial charge < -0.3 is 9.73 Å². The van der Waals surface area contributed by atoms with Crippen molar-refractivity contribution < 1.29 is 9.21 Å². The van der Waals surface area contributed by atoms with E-state index >= 15 is 0 Å². The van der Waals surface area contributed by atoms with Gasteiger partial charge in [-0.2, -0.15) is 0 Å². The number of fused-ring (bicyclic) bond motifs is 1. The smallest absolute Gasteiger partial charge is 0.273 e. The molecule has 5 nitrogen and oxygen atoms in total. The highest BCUT2D eigenvalue weighted by atomic mass is 16.3. The van der Waals surface area contributed by atoms with Crippen LogP contribution in [0.5, 0.6) is 0 Å². The summed E-state index contributed by atoms with van der Waals surface area (Å²) in [7, 11) is 0. The van der Waals surface area contributed by atoms with Gasteiger partial charge in [-0.25, -0.2) is 4.98 Å². The van der Waals surface area contributed by atoms with Crippen molar-refractivity contribution >= 4 is 5.91 Å². The Kier molecular flexibility index (Phi) is 3.88. The molecule has 1 unspecified atom stereocenters. The quantitative estimate of drug-likeness (QED) is 0.918. The zero-order valence-electron chi connectivity index (χ0n) is 14.1. The summed E-state index contributed by atoms with van der Waals surface area (Å²) in [4.78, 5) is 19.0. The van der Waals surface area contributed by atoms with Gasteiger partial charge in [0.25, 0.3) is 5.91 Å². The van der Waals surface area contributed by atoms with Gasteiger partial charge in [-0.1, -0.05) is 44.2 Å². The molecular weight excluding hydrogens is 302 g/mol. The molecule has 0 radical (unpaired) electrons. The zero-order valence-corrected chi connectivity index (χ0v) is 14.1. The van der Waals surface area contributed by atoms with Gasteiger partial charge in [0.2, 0.25) is 0 Å². The number of carbonyl (C=O) groups excluding carboxylic acids is 1. The first-order valence-corrected chi connectivity index (χ1v) is 8.64. The minimum absolute atomic E-state index is 0.0959. The second-order valence-electron chi connectivity index (χ2n) is 7.23. The number of benzene rings is 1. The van der Waals surface area contributed by atoms with Crippen LogP contribution in [-0.4, -0.2) is 34.9 Å². The zero-order chi connectivity index (χ0) is 16.7. The van der Waals surface area contributed by atoms with Gasteiger partial charge in [0.15, 0.2) is 12.1 Å². The lowest BCUT2D eigenvalue weighted by atomic mass is 10.1. The van der Waals surface area contributed by atoms with Gasteiger partial charge in [0.1, 0.15) is 5.76 Å². The molecule has 2 heterocycles. The van der Waals surface area contributed by atoms with Crippen LogP contribution in [0.4, 0.5) is 0 Å². The van der Waals surface area contributed by atoms with E-state index in [1.54, 1.807) is 0 Å². The number of likely N-dealkylation sites (tertiary alicyclic amines) is 1. The van der Waals surface area contributed by atoms with Crippen molar-refractivity contribution in [3.63, 3.8) is 0 Å². The molecule has 5 heteroatoms. The van der Waals surface area contributed by atoms with Gasteiger partial charge in [0.05, 0.1) is 0 Å². The highest BCUT2D eigenvalue weighted by Gasteiger charge is 2.56. The van der Waals surface area contributed by atoms with Crippen LogP contribution in [0.2, 0.25) is 0 Å². The number of aromatic nitrogens is 1. The predicted octanol–water partition coefficient (Wildman–Crippen LogP) is 2.66. The van der Waals surface area contributed by atoms with Crippen molar-refractivity contribution in [3.8, 4) is 0 Å².